The molecule has 1 aliphatic heterocycles. The van der Waals surface area contributed by atoms with Crippen LogP contribution in [0.5, 0.6) is 0 Å². The van der Waals surface area contributed by atoms with Gasteiger partial charge in [0.15, 0.2) is 5.13 Å². The first-order valence-electron chi connectivity index (χ1n) is 7.81. The van der Waals surface area contributed by atoms with E-state index in [1.165, 1.54) is 48.7 Å². The Kier molecular flexibility index (Phi) is 3.44. The van der Waals surface area contributed by atoms with Crippen LogP contribution in [0.2, 0.25) is 0 Å². The van der Waals surface area contributed by atoms with Crippen LogP contribution in [0.1, 0.15) is 42.7 Å². The second-order valence-electron chi connectivity index (χ2n) is 6.44. The highest BCUT2D eigenvalue weighted by molar-refractivity contribution is 7.15. The van der Waals surface area contributed by atoms with E-state index < -0.39 is 0 Å². The van der Waals surface area contributed by atoms with Gasteiger partial charge in [-0.05, 0) is 38.0 Å². The van der Waals surface area contributed by atoms with Crippen molar-refractivity contribution >= 4 is 16.5 Å². The molecule has 3 aliphatic rings. The highest BCUT2D eigenvalue weighted by atomic mass is 32.1. The van der Waals surface area contributed by atoms with E-state index in [0.717, 1.165) is 30.2 Å². The maximum Gasteiger partial charge on any atom is 0.186 e. The van der Waals surface area contributed by atoms with Gasteiger partial charge in [-0.1, -0.05) is 0 Å². The average molecular weight is 293 g/mol. The first-order valence-corrected chi connectivity index (χ1v) is 8.62. The number of hydrogen-bond donors (Lipinski definition) is 1. The Morgan fingerprint density at radius 2 is 2.25 bits per heavy atom. The molecule has 110 valence electrons. The zero-order valence-electron chi connectivity index (χ0n) is 12.1. The molecule has 1 saturated heterocycles. The Bertz CT molecular complexity index is 485. The molecule has 1 aromatic rings. The molecule has 0 amide bonds. The molecule has 20 heavy (non-hydrogen) atoms. The summed E-state index contributed by atoms with van der Waals surface area (Å²) in [5, 5.41) is 4.84. The molecule has 0 radical (unpaired) electrons. The standard InChI is InChI=1S/C15H23N3OS/c1-19-9-13-14(7-16-11-3-4-11)20-15(17-13)18-8-10-2-5-12(18)6-10/h10-12,16H,2-9H2,1H3. The van der Waals surface area contributed by atoms with Gasteiger partial charge in [-0.2, -0.15) is 0 Å². The summed E-state index contributed by atoms with van der Waals surface area (Å²) in [4.78, 5) is 8.80. The van der Waals surface area contributed by atoms with Crippen LogP contribution in [0.25, 0.3) is 0 Å². The molecule has 2 saturated carbocycles. The fourth-order valence-corrected chi connectivity index (χ4v) is 4.66. The number of nitrogens with one attached hydrogen (secondary N) is 1. The SMILES string of the molecule is COCc1nc(N2CC3CCC2C3)sc1CNC1CC1. The molecule has 4 rings (SSSR count). The summed E-state index contributed by atoms with van der Waals surface area (Å²) in [6.45, 7) is 2.82. The fraction of sp³-hybridized carbons (Fsp3) is 0.800. The lowest BCUT2D eigenvalue weighted by molar-refractivity contribution is 0.181. The van der Waals surface area contributed by atoms with Gasteiger partial charge in [-0.15, -0.1) is 11.3 Å². The van der Waals surface area contributed by atoms with E-state index in [9.17, 15) is 0 Å². The van der Waals surface area contributed by atoms with Gasteiger partial charge in [0.1, 0.15) is 0 Å². The van der Waals surface area contributed by atoms with Gasteiger partial charge in [-0.3, -0.25) is 0 Å². The van der Waals surface area contributed by atoms with E-state index in [-0.39, 0.29) is 0 Å². The molecule has 1 aromatic heterocycles. The van der Waals surface area contributed by atoms with Gasteiger partial charge >= 0.3 is 0 Å². The van der Waals surface area contributed by atoms with Gasteiger partial charge < -0.3 is 15.0 Å². The molecule has 2 heterocycles. The summed E-state index contributed by atoms with van der Waals surface area (Å²) in [6, 6.07) is 1.50. The van der Waals surface area contributed by atoms with Crippen molar-refractivity contribution in [2.75, 3.05) is 18.6 Å². The topological polar surface area (TPSA) is 37.4 Å². The number of nitrogens with zero attached hydrogens (tertiary/aromatic N) is 2. The van der Waals surface area contributed by atoms with Crippen molar-refractivity contribution in [2.24, 2.45) is 5.92 Å². The van der Waals surface area contributed by atoms with Crippen LogP contribution in [0.4, 0.5) is 5.13 Å². The predicted molar refractivity (Wildman–Crippen MR) is 81.2 cm³/mol. The summed E-state index contributed by atoms with van der Waals surface area (Å²) in [6.07, 6.45) is 6.84. The first-order chi connectivity index (χ1) is 9.83. The van der Waals surface area contributed by atoms with Crippen molar-refractivity contribution < 1.29 is 4.74 Å². The molecular formula is C15H23N3OS. The quantitative estimate of drug-likeness (QED) is 0.874. The van der Waals surface area contributed by atoms with Crippen LogP contribution in [0, 0.1) is 5.92 Å². The highest BCUT2D eigenvalue weighted by Crippen LogP contribution is 2.42. The van der Waals surface area contributed by atoms with Gasteiger partial charge in [-0.25, -0.2) is 4.98 Å². The lowest BCUT2D eigenvalue weighted by Gasteiger charge is -2.26. The smallest absolute Gasteiger partial charge is 0.186 e. The van der Waals surface area contributed by atoms with Crippen LogP contribution in [0.15, 0.2) is 0 Å². The lowest BCUT2D eigenvalue weighted by atomic mass is 10.1. The third-order valence-electron chi connectivity index (χ3n) is 4.83. The number of ether oxygens (including phenoxy) is 1. The monoisotopic (exact) mass is 293 g/mol. The van der Waals surface area contributed by atoms with E-state index in [1.54, 1.807) is 7.11 Å². The first kappa shape index (κ1) is 13.0. The highest BCUT2D eigenvalue weighted by Gasteiger charge is 2.39. The van der Waals surface area contributed by atoms with E-state index in [4.69, 9.17) is 9.72 Å². The Hall–Kier alpha value is -0.650. The Labute approximate surface area is 124 Å². The molecule has 4 nitrogen and oxygen atoms in total. The fourth-order valence-electron chi connectivity index (χ4n) is 3.56. The number of aromatic nitrogens is 1. The van der Waals surface area contributed by atoms with Crippen molar-refractivity contribution in [1.29, 1.82) is 0 Å². The number of anilines is 1. The van der Waals surface area contributed by atoms with Crippen LogP contribution in [0.3, 0.4) is 0 Å². The maximum atomic E-state index is 5.33. The molecule has 3 fully saturated rings. The number of thiazole rings is 1. The Morgan fingerprint density at radius 3 is 2.90 bits per heavy atom. The van der Waals surface area contributed by atoms with Crippen LogP contribution in [-0.2, 0) is 17.9 Å². The molecular weight excluding hydrogens is 270 g/mol. The minimum Gasteiger partial charge on any atom is -0.378 e. The normalized spacial score (nSPS) is 28.6. The summed E-state index contributed by atoms with van der Waals surface area (Å²) >= 11 is 1.88. The zero-order chi connectivity index (χ0) is 13.5. The Morgan fingerprint density at radius 1 is 1.35 bits per heavy atom. The van der Waals surface area contributed by atoms with Gasteiger partial charge in [0.25, 0.3) is 0 Å². The van der Waals surface area contributed by atoms with E-state index in [1.807, 2.05) is 11.3 Å². The van der Waals surface area contributed by atoms with E-state index in [0.29, 0.717) is 6.61 Å². The molecule has 2 unspecified atom stereocenters. The maximum absolute atomic E-state index is 5.33. The predicted octanol–water partition coefficient (Wildman–Crippen LogP) is 2.53. The minimum atomic E-state index is 0.639. The van der Waals surface area contributed by atoms with Gasteiger partial charge in [0.2, 0.25) is 0 Å². The molecule has 2 atom stereocenters. The van der Waals surface area contributed by atoms with Crippen molar-refractivity contribution in [3.05, 3.63) is 10.6 Å². The number of hydrogen-bond acceptors (Lipinski definition) is 5. The Balaban J connectivity index is 1.51. The second kappa shape index (κ2) is 5.28. The van der Waals surface area contributed by atoms with Crippen LogP contribution >= 0.6 is 11.3 Å². The van der Waals surface area contributed by atoms with Crippen LogP contribution in [-0.4, -0.2) is 30.7 Å². The number of methoxy groups -OCH3 is 1. The second-order valence-corrected chi connectivity index (χ2v) is 7.50. The minimum absolute atomic E-state index is 0.639. The summed E-state index contributed by atoms with van der Waals surface area (Å²) in [7, 11) is 1.76. The molecule has 5 heteroatoms. The van der Waals surface area contributed by atoms with Crippen molar-refractivity contribution in [3.63, 3.8) is 0 Å². The van der Waals surface area contributed by atoms with E-state index in [2.05, 4.69) is 10.2 Å². The van der Waals surface area contributed by atoms with Crippen molar-refractivity contribution in [3.8, 4) is 0 Å². The molecule has 0 spiro atoms. The number of piperidine rings is 1. The number of rotatable bonds is 6. The van der Waals surface area contributed by atoms with Crippen molar-refractivity contribution in [1.82, 2.24) is 10.3 Å². The van der Waals surface area contributed by atoms with E-state index >= 15 is 0 Å². The third kappa shape index (κ3) is 2.47. The van der Waals surface area contributed by atoms with Crippen LogP contribution < -0.4 is 10.2 Å². The largest absolute Gasteiger partial charge is 0.378 e. The molecule has 2 aliphatic carbocycles. The average Bonchev–Trinajstić information content (AvgIpc) is 2.88. The zero-order valence-corrected chi connectivity index (χ0v) is 12.9. The molecule has 0 aromatic carbocycles. The van der Waals surface area contributed by atoms with Gasteiger partial charge in [0, 0.05) is 37.2 Å². The number of fused-ring (bicyclic) bond motifs is 2. The molecule has 1 N–H and O–H groups in total. The van der Waals surface area contributed by atoms with Crippen molar-refractivity contribution in [2.45, 2.75) is 57.3 Å². The summed E-state index contributed by atoms with van der Waals surface area (Å²) in [5.74, 6) is 0.919. The summed E-state index contributed by atoms with van der Waals surface area (Å²) in [5.41, 5.74) is 1.14. The van der Waals surface area contributed by atoms with Gasteiger partial charge in [0.05, 0.1) is 12.3 Å². The third-order valence-corrected chi connectivity index (χ3v) is 5.97. The molecule has 2 bridgehead atoms. The summed E-state index contributed by atoms with van der Waals surface area (Å²) < 4.78 is 5.33. The lowest BCUT2D eigenvalue weighted by Crippen LogP contribution is -2.31.